The quantitative estimate of drug-likeness (QED) is 0.341. The van der Waals surface area contributed by atoms with E-state index in [1.807, 2.05) is 13.8 Å². The van der Waals surface area contributed by atoms with Gasteiger partial charge in [0.15, 0.2) is 11.6 Å². The first-order valence-corrected chi connectivity index (χ1v) is 12.5. The summed E-state index contributed by atoms with van der Waals surface area (Å²) in [7, 11) is -4.08. The number of nitrogens with zero attached hydrogens (tertiary/aromatic N) is 2. The van der Waals surface area contributed by atoms with E-state index in [1.54, 1.807) is 4.90 Å². The van der Waals surface area contributed by atoms with Crippen molar-refractivity contribution in [3.05, 3.63) is 29.8 Å². The van der Waals surface area contributed by atoms with E-state index in [9.17, 15) is 35.2 Å². The van der Waals surface area contributed by atoms with Gasteiger partial charge in [-0.15, -0.1) is 0 Å². The Balaban J connectivity index is 0.000000809. The minimum Gasteiger partial charge on any atom is -0.475 e. The van der Waals surface area contributed by atoms with Crippen molar-refractivity contribution in [3.8, 4) is 0 Å². The Morgan fingerprint density at radius 2 is 1.72 bits per heavy atom. The van der Waals surface area contributed by atoms with E-state index in [1.165, 1.54) is 0 Å². The van der Waals surface area contributed by atoms with Crippen LogP contribution in [0.25, 0.3) is 0 Å². The third-order valence-corrected chi connectivity index (χ3v) is 6.71. The van der Waals surface area contributed by atoms with Crippen LogP contribution in [0.5, 0.6) is 0 Å². The number of hydrogen-bond donors (Lipinski definition) is 2. The number of carbonyl (C=O) groups is 2. The van der Waals surface area contributed by atoms with Crippen molar-refractivity contribution in [3.63, 3.8) is 0 Å². The zero-order chi connectivity index (χ0) is 27.5. The van der Waals surface area contributed by atoms with Crippen LogP contribution < -0.4 is 5.32 Å². The summed E-state index contributed by atoms with van der Waals surface area (Å²) in [6.45, 7) is 6.75. The lowest BCUT2D eigenvalue weighted by atomic mass is 10.3. The first-order valence-electron chi connectivity index (χ1n) is 11.0. The number of alkyl halides is 3. The maximum absolute atomic E-state index is 13.6. The maximum atomic E-state index is 13.6. The second kappa shape index (κ2) is 14.4. The normalized spacial score (nSPS) is 14.5. The van der Waals surface area contributed by atoms with E-state index >= 15 is 0 Å². The Bertz CT molecular complexity index is 969. The number of carboxylic acid groups (broad SMARTS) is 1. The number of carbonyl (C=O) groups excluding carboxylic acids is 1. The summed E-state index contributed by atoms with van der Waals surface area (Å²) in [6, 6.07) is 2.48. The summed E-state index contributed by atoms with van der Waals surface area (Å²) in [5.74, 6) is -5.23. The molecular weight excluding hydrogens is 517 g/mol. The predicted molar refractivity (Wildman–Crippen MR) is 119 cm³/mol. The van der Waals surface area contributed by atoms with Gasteiger partial charge in [0.2, 0.25) is 15.9 Å². The maximum Gasteiger partial charge on any atom is 0.490 e. The molecular formula is C21H30F5N3O6S. The average Bonchev–Trinajstić information content (AvgIpc) is 2.80. The molecule has 0 bridgehead atoms. The third kappa shape index (κ3) is 10.7. The van der Waals surface area contributed by atoms with Gasteiger partial charge >= 0.3 is 12.1 Å². The highest BCUT2D eigenvalue weighted by Crippen LogP contribution is 2.19. The number of halogens is 5. The van der Waals surface area contributed by atoms with Crippen LogP contribution in [0.2, 0.25) is 0 Å². The molecule has 1 aromatic rings. The van der Waals surface area contributed by atoms with Crippen molar-refractivity contribution in [1.82, 2.24) is 14.5 Å². The molecule has 0 aromatic heterocycles. The number of hydrogen-bond acceptors (Lipinski definition) is 6. The van der Waals surface area contributed by atoms with Gasteiger partial charge in [0.05, 0.1) is 11.0 Å². The van der Waals surface area contributed by atoms with Gasteiger partial charge in [-0.05, 0) is 38.5 Å². The van der Waals surface area contributed by atoms with Crippen LogP contribution in [-0.2, 0) is 24.3 Å². The fraction of sp³-hybridized carbons (Fsp3) is 0.619. The molecule has 0 aliphatic carbocycles. The molecule has 0 saturated carbocycles. The van der Waals surface area contributed by atoms with E-state index < -0.39 is 33.8 Å². The SMILES string of the molecule is CC(C)OCCCN(CCC(=O)N1CCNCC1)S(=O)(=O)c1ccc(F)c(F)c1.O=C(O)C(F)(F)F. The molecule has 9 nitrogen and oxygen atoms in total. The molecule has 1 aliphatic rings. The molecule has 1 fully saturated rings. The Labute approximate surface area is 206 Å². The molecule has 36 heavy (non-hydrogen) atoms. The third-order valence-electron chi connectivity index (χ3n) is 4.82. The van der Waals surface area contributed by atoms with Crippen LogP contribution in [0.4, 0.5) is 22.0 Å². The van der Waals surface area contributed by atoms with Crippen molar-refractivity contribution in [2.75, 3.05) is 45.9 Å². The number of carboxylic acids is 1. The van der Waals surface area contributed by atoms with Crippen molar-refractivity contribution in [2.45, 2.75) is 43.9 Å². The molecule has 0 spiro atoms. The number of aliphatic carboxylic acids is 1. The second-order valence-electron chi connectivity index (χ2n) is 7.94. The molecule has 15 heteroatoms. The summed E-state index contributed by atoms with van der Waals surface area (Å²) in [5, 5.41) is 10.3. The summed E-state index contributed by atoms with van der Waals surface area (Å²) in [5.41, 5.74) is 0. The van der Waals surface area contributed by atoms with Crippen LogP contribution in [0.1, 0.15) is 26.7 Å². The number of ether oxygens (including phenoxy) is 1. The molecule has 0 atom stereocenters. The Kier molecular flexibility index (Phi) is 12.7. The topological polar surface area (TPSA) is 116 Å². The van der Waals surface area contributed by atoms with E-state index in [2.05, 4.69) is 5.32 Å². The molecule has 2 N–H and O–H groups in total. The minimum atomic E-state index is -5.08. The zero-order valence-electron chi connectivity index (χ0n) is 19.9. The highest BCUT2D eigenvalue weighted by molar-refractivity contribution is 7.89. The molecule has 1 amide bonds. The monoisotopic (exact) mass is 547 g/mol. The molecule has 0 unspecified atom stereocenters. The summed E-state index contributed by atoms with van der Waals surface area (Å²) in [4.78, 5) is 22.7. The van der Waals surface area contributed by atoms with Gasteiger partial charge in [-0.1, -0.05) is 0 Å². The number of sulfonamides is 1. The molecule has 2 rings (SSSR count). The van der Waals surface area contributed by atoms with E-state index in [0.29, 0.717) is 45.3 Å². The van der Waals surface area contributed by atoms with Gasteiger partial charge < -0.3 is 20.1 Å². The van der Waals surface area contributed by atoms with Gasteiger partial charge in [0.1, 0.15) is 0 Å². The van der Waals surface area contributed by atoms with Gasteiger partial charge in [-0.2, -0.15) is 17.5 Å². The lowest BCUT2D eigenvalue weighted by Gasteiger charge is -2.29. The summed E-state index contributed by atoms with van der Waals surface area (Å²) in [6.07, 6.45) is -4.63. The first kappa shape index (κ1) is 31.7. The molecule has 1 aliphatic heterocycles. The largest absolute Gasteiger partial charge is 0.490 e. The molecule has 1 heterocycles. The molecule has 206 valence electrons. The second-order valence-corrected chi connectivity index (χ2v) is 9.87. The summed E-state index contributed by atoms with van der Waals surface area (Å²) >= 11 is 0. The van der Waals surface area contributed by atoms with Crippen LogP contribution in [0.3, 0.4) is 0 Å². The van der Waals surface area contributed by atoms with E-state index in [0.717, 1.165) is 16.4 Å². The summed E-state index contributed by atoms with van der Waals surface area (Å²) < 4.78 is 91.1. The predicted octanol–water partition coefficient (Wildman–Crippen LogP) is 2.23. The van der Waals surface area contributed by atoms with Crippen molar-refractivity contribution < 1.29 is 49.8 Å². The Hall–Kier alpha value is -2.36. The molecule has 1 aromatic carbocycles. The zero-order valence-corrected chi connectivity index (χ0v) is 20.7. The number of nitrogens with one attached hydrogen (secondary N) is 1. The lowest BCUT2D eigenvalue weighted by molar-refractivity contribution is -0.192. The molecule has 0 radical (unpaired) electrons. The standard InChI is InChI=1S/C19H29F2N3O4S.C2HF3O2/c1-15(2)28-13-3-9-24(10-6-19(25)23-11-7-22-8-12-23)29(26,27)16-4-5-17(20)18(21)14-16;3-2(4,5)1(6)7/h4-5,14-15,22H,3,6-13H2,1-2H3;(H,6,7). The van der Waals surface area contributed by atoms with Crippen LogP contribution in [-0.4, -0.2) is 92.8 Å². The fourth-order valence-corrected chi connectivity index (χ4v) is 4.48. The fourth-order valence-electron chi connectivity index (χ4n) is 2.99. The van der Waals surface area contributed by atoms with Crippen LogP contribution >= 0.6 is 0 Å². The van der Waals surface area contributed by atoms with Gasteiger partial charge in [-0.3, -0.25) is 4.79 Å². The first-order chi connectivity index (χ1) is 16.7. The minimum absolute atomic E-state index is 0.0144. The van der Waals surface area contributed by atoms with Crippen LogP contribution in [0, 0.1) is 11.6 Å². The Morgan fingerprint density at radius 1 is 1.14 bits per heavy atom. The number of piperazine rings is 1. The Morgan fingerprint density at radius 3 is 2.22 bits per heavy atom. The van der Waals surface area contributed by atoms with Crippen molar-refractivity contribution in [1.29, 1.82) is 0 Å². The highest BCUT2D eigenvalue weighted by atomic mass is 32.2. The van der Waals surface area contributed by atoms with Crippen molar-refractivity contribution >= 4 is 21.9 Å². The van der Waals surface area contributed by atoms with Crippen molar-refractivity contribution in [2.24, 2.45) is 0 Å². The average molecular weight is 548 g/mol. The lowest BCUT2D eigenvalue weighted by Crippen LogP contribution is -2.47. The van der Waals surface area contributed by atoms with E-state index in [4.69, 9.17) is 14.6 Å². The van der Waals surface area contributed by atoms with Gasteiger partial charge in [0, 0.05) is 52.3 Å². The highest BCUT2D eigenvalue weighted by Gasteiger charge is 2.38. The van der Waals surface area contributed by atoms with Gasteiger partial charge in [-0.25, -0.2) is 22.0 Å². The number of rotatable bonds is 10. The van der Waals surface area contributed by atoms with Gasteiger partial charge in [0.25, 0.3) is 0 Å². The van der Waals surface area contributed by atoms with E-state index in [-0.39, 0.29) is 36.4 Å². The number of amides is 1. The number of benzene rings is 1. The molecule has 1 saturated heterocycles. The smallest absolute Gasteiger partial charge is 0.475 e. The van der Waals surface area contributed by atoms with Crippen LogP contribution in [0.15, 0.2) is 23.1 Å².